The largest absolute Gasteiger partial charge is 0.476 e. The molecule has 7 nitrogen and oxygen atoms in total. The number of carboxylic acid groups (broad SMARTS) is 1. The van der Waals surface area contributed by atoms with Crippen molar-refractivity contribution in [2.24, 2.45) is 0 Å². The summed E-state index contributed by atoms with van der Waals surface area (Å²) in [5, 5.41) is 16.1. The number of hydrogen-bond donors (Lipinski definition) is 1. The number of imidazole rings is 1. The molecule has 0 aliphatic heterocycles. The second kappa shape index (κ2) is 2.90. The lowest BCUT2D eigenvalue weighted by atomic mass is 10.5. The topological polar surface area (TPSA) is 93.8 Å². The second-order valence-corrected chi connectivity index (χ2v) is 2.83. The van der Waals surface area contributed by atoms with Crippen LogP contribution in [0, 0.1) is 0 Å². The first kappa shape index (κ1) is 7.80. The van der Waals surface area contributed by atoms with E-state index in [1.165, 1.54) is 17.1 Å². The lowest BCUT2D eigenvalue weighted by Crippen LogP contribution is -1.95. The maximum Gasteiger partial charge on any atom is 0.356 e. The van der Waals surface area contributed by atoms with Crippen molar-refractivity contribution in [1.29, 1.82) is 0 Å². The van der Waals surface area contributed by atoms with Crippen LogP contribution in [0.3, 0.4) is 0 Å². The Hall–Kier alpha value is -1.83. The third kappa shape index (κ3) is 1.38. The lowest BCUT2D eigenvalue weighted by Gasteiger charge is -1.88. The van der Waals surface area contributed by atoms with Crippen LogP contribution in [0.25, 0.3) is 5.13 Å². The molecular weight excluding hydrogens is 194 g/mol. The fraction of sp³-hybridized carbons (Fsp3) is 0. The minimum absolute atomic E-state index is 0.0322. The molecule has 0 aliphatic rings. The molecule has 0 radical (unpaired) electrons. The van der Waals surface area contributed by atoms with Gasteiger partial charge >= 0.3 is 5.97 Å². The van der Waals surface area contributed by atoms with E-state index in [9.17, 15) is 4.79 Å². The zero-order valence-electron chi connectivity index (χ0n) is 6.15. The monoisotopic (exact) mass is 197 g/mol. The fourth-order valence-electron chi connectivity index (χ4n) is 0.766. The highest BCUT2D eigenvalue weighted by molar-refractivity contribution is 7.07. The van der Waals surface area contributed by atoms with Gasteiger partial charge in [0.15, 0.2) is 5.69 Å². The van der Waals surface area contributed by atoms with Gasteiger partial charge < -0.3 is 5.11 Å². The predicted octanol–water partition coefficient (Wildman–Crippen LogP) is -0.183. The summed E-state index contributed by atoms with van der Waals surface area (Å²) >= 11 is 1.06. The molecule has 66 valence electrons. The van der Waals surface area contributed by atoms with E-state index in [0.717, 1.165) is 11.5 Å². The summed E-state index contributed by atoms with van der Waals surface area (Å²) in [4.78, 5) is 14.1. The molecule has 0 atom stereocenters. The van der Waals surface area contributed by atoms with E-state index in [-0.39, 0.29) is 5.69 Å². The second-order valence-electron chi connectivity index (χ2n) is 2.12. The number of carbonyl (C=O) groups is 1. The van der Waals surface area contributed by atoms with Gasteiger partial charge in [0.05, 0.1) is 0 Å². The Labute approximate surface area is 75.8 Å². The Morgan fingerprint density at radius 3 is 3.00 bits per heavy atom. The number of aromatic carboxylic acids is 1. The quantitative estimate of drug-likeness (QED) is 0.717. The molecule has 0 saturated heterocycles. The third-order valence-corrected chi connectivity index (χ3v) is 1.92. The molecule has 0 aromatic carbocycles. The van der Waals surface area contributed by atoms with Crippen molar-refractivity contribution in [3.8, 4) is 5.13 Å². The van der Waals surface area contributed by atoms with E-state index in [2.05, 4.69) is 19.8 Å². The van der Waals surface area contributed by atoms with Crippen LogP contribution >= 0.6 is 11.5 Å². The highest BCUT2D eigenvalue weighted by atomic mass is 32.1. The Kier molecular flexibility index (Phi) is 1.74. The van der Waals surface area contributed by atoms with Gasteiger partial charge in [-0.1, -0.05) is 9.59 Å². The number of aromatic nitrogens is 5. The zero-order chi connectivity index (χ0) is 9.26. The molecule has 0 aliphatic carbocycles. The van der Waals surface area contributed by atoms with Crippen LogP contribution in [0.4, 0.5) is 0 Å². The Balaban J connectivity index is 2.39. The average Bonchev–Trinajstić information content (AvgIpc) is 2.75. The Bertz CT molecular complexity index is 422. The van der Waals surface area contributed by atoms with Gasteiger partial charge in [0.25, 0.3) is 0 Å². The van der Waals surface area contributed by atoms with Crippen LogP contribution in [-0.4, -0.2) is 35.4 Å². The molecule has 2 aromatic rings. The van der Waals surface area contributed by atoms with Crippen LogP contribution < -0.4 is 0 Å². The van der Waals surface area contributed by atoms with E-state index >= 15 is 0 Å². The van der Waals surface area contributed by atoms with Crippen molar-refractivity contribution >= 4 is 17.5 Å². The van der Waals surface area contributed by atoms with Gasteiger partial charge in [-0.3, -0.25) is 4.57 Å². The fourth-order valence-corrected chi connectivity index (χ4v) is 1.18. The molecule has 2 rings (SSSR count). The first-order valence-corrected chi connectivity index (χ1v) is 3.97. The average molecular weight is 197 g/mol. The standard InChI is InChI=1S/C5H3N5O2S/c11-4(12)3-1-10(2-6-3)5-7-8-9-13-5/h1-2H,(H,11,12). The van der Waals surface area contributed by atoms with Gasteiger partial charge in [-0.2, -0.15) is 0 Å². The van der Waals surface area contributed by atoms with E-state index < -0.39 is 5.97 Å². The number of carboxylic acids is 1. The summed E-state index contributed by atoms with van der Waals surface area (Å²) in [6.07, 6.45) is 2.70. The summed E-state index contributed by atoms with van der Waals surface area (Å²) in [6, 6.07) is 0. The van der Waals surface area contributed by atoms with Crippen LogP contribution in [0.1, 0.15) is 10.5 Å². The van der Waals surface area contributed by atoms with E-state index in [4.69, 9.17) is 5.11 Å². The molecule has 0 unspecified atom stereocenters. The summed E-state index contributed by atoms with van der Waals surface area (Å²) < 4.78 is 4.99. The highest BCUT2D eigenvalue weighted by Crippen LogP contribution is 2.07. The molecule has 0 fully saturated rings. The van der Waals surface area contributed by atoms with Gasteiger partial charge in [0, 0.05) is 17.7 Å². The van der Waals surface area contributed by atoms with Gasteiger partial charge in [-0.15, -0.1) is 0 Å². The third-order valence-electron chi connectivity index (χ3n) is 1.31. The van der Waals surface area contributed by atoms with Gasteiger partial charge in [-0.25, -0.2) is 9.78 Å². The smallest absolute Gasteiger partial charge is 0.356 e. The van der Waals surface area contributed by atoms with E-state index in [0.29, 0.717) is 5.13 Å². The minimum Gasteiger partial charge on any atom is -0.476 e. The molecule has 2 aromatic heterocycles. The molecule has 2 heterocycles. The van der Waals surface area contributed by atoms with Gasteiger partial charge in [-0.05, 0) is 5.21 Å². The maximum atomic E-state index is 10.5. The predicted molar refractivity (Wildman–Crippen MR) is 41.8 cm³/mol. The summed E-state index contributed by atoms with van der Waals surface area (Å²) in [6.45, 7) is 0. The molecule has 1 N–H and O–H groups in total. The summed E-state index contributed by atoms with van der Waals surface area (Å²) in [5.74, 6) is -1.07. The summed E-state index contributed by atoms with van der Waals surface area (Å²) in [5.41, 5.74) is -0.0322. The van der Waals surface area contributed by atoms with Crippen molar-refractivity contribution in [3.05, 3.63) is 18.2 Å². The van der Waals surface area contributed by atoms with Crippen LogP contribution in [0.15, 0.2) is 12.5 Å². The van der Waals surface area contributed by atoms with Crippen LogP contribution in [-0.2, 0) is 0 Å². The summed E-state index contributed by atoms with van der Waals surface area (Å²) in [7, 11) is 0. The minimum atomic E-state index is -1.07. The van der Waals surface area contributed by atoms with Crippen molar-refractivity contribution in [2.45, 2.75) is 0 Å². The molecule has 0 amide bonds. The highest BCUT2D eigenvalue weighted by Gasteiger charge is 2.08. The van der Waals surface area contributed by atoms with Crippen molar-refractivity contribution in [3.63, 3.8) is 0 Å². The normalized spacial score (nSPS) is 10.2. The number of nitrogens with zero attached hydrogens (tertiary/aromatic N) is 5. The van der Waals surface area contributed by atoms with Gasteiger partial charge in [0.1, 0.15) is 6.33 Å². The maximum absolute atomic E-state index is 10.5. The van der Waals surface area contributed by atoms with Crippen molar-refractivity contribution < 1.29 is 9.90 Å². The molecule has 0 saturated carbocycles. The molecule has 0 bridgehead atoms. The molecule has 8 heteroatoms. The molecule has 13 heavy (non-hydrogen) atoms. The SMILES string of the molecule is O=C(O)c1cn(-c2nnns2)cn1. The van der Waals surface area contributed by atoms with E-state index in [1.807, 2.05) is 0 Å². The zero-order valence-corrected chi connectivity index (χ0v) is 6.97. The Morgan fingerprint density at radius 2 is 2.46 bits per heavy atom. The van der Waals surface area contributed by atoms with Crippen molar-refractivity contribution in [2.75, 3.05) is 0 Å². The van der Waals surface area contributed by atoms with E-state index in [1.54, 1.807) is 0 Å². The van der Waals surface area contributed by atoms with Crippen LogP contribution in [0.5, 0.6) is 0 Å². The number of hydrogen-bond acceptors (Lipinski definition) is 6. The van der Waals surface area contributed by atoms with Crippen LogP contribution in [0.2, 0.25) is 0 Å². The Morgan fingerprint density at radius 1 is 1.62 bits per heavy atom. The first-order valence-electron chi connectivity index (χ1n) is 3.20. The van der Waals surface area contributed by atoms with Gasteiger partial charge in [0.2, 0.25) is 5.13 Å². The number of rotatable bonds is 2. The lowest BCUT2D eigenvalue weighted by molar-refractivity contribution is 0.0691. The molecular formula is C5H3N5O2S. The first-order chi connectivity index (χ1) is 6.27. The van der Waals surface area contributed by atoms with Crippen molar-refractivity contribution in [1.82, 2.24) is 24.4 Å². The molecule has 0 spiro atoms.